The first kappa shape index (κ1) is 12.6. The highest BCUT2D eigenvalue weighted by atomic mass is 79.9. The molecule has 1 heterocycles. The Bertz CT molecular complexity index is 483. The number of Topliss-reactive ketones (excluding diaryl/α,β-unsaturated/α-hetero) is 1. The van der Waals surface area contributed by atoms with Crippen LogP contribution in [0, 0.1) is 23.2 Å². The average molecular weight is 339 g/mol. The van der Waals surface area contributed by atoms with Gasteiger partial charge < -0.3 is 0 Å². The predicted octanol–water partition coefficient (Wildman–Crippen LogP) is 5.30. The molecular formula is C16H19BrOS. The van der Waals surface area contributed by atoms with Gasteiger partial charge >= 0.3 is 0 Å². The molecule has 4 aliphatic carbocycles. The van der Waals surface area contributed by atoms with Gasteiger partial charge in [-0.15, -0.1) is 11.3 Å². The third kappa shape index (κ3) is 2.13. The van der Waals surface area contributed by atoms with Crippen molar-refractivity contribution in [3.05, 3.63) is 20.8 Å². The second-order valence-corrected chi connectivity index (χ2v) is 8.89. The molecule has 0 aromatic carbocycles. The van der Waals surface area contributed by atoms with Crippen molar-refractivity contribution in [3.8, 4) is 0 Å². The molecule has 1 aromatic rings. The Balaban J connectivity index is 1.56. The summed E-state index contributed by atoms with van der Waals surface area (Å²) in [6.45, 7) is 0. The molecule has 0 spiro atoms. The fraction of sp³-hybridized carbons (Fsp3) is 0.688. The van der Waals surface area contributed by atoms with Crippen LogP contribution < -0.4 is 0 Å². The largest absolute Gasteiger partial charge is 0.293 e. The Morgan fingerprint density at radius 1 is 1.21 bits per heavy atom. The SMILES string of the molecule is O=C(CC12CC3CC(CC(C3)C1)C2)c1sccc1Br. The maximum atomic E-state index is 12.6. The van der Waals surface area contributed by atoms with Crippen LogP contribution in [0.4, 0.5) is 0 Å². The molecule has 0 N–H and O–H groups in total. The van der Waals surface area contributed by atoms with Crippen molar-refractivity contribution in [2.75, 3.05) is 0 Å². The van der Waals surface area contributed by atoms with Crippen molar-refractivity contribution in [1.29, 1.82) is 0 Å². The van der Waals surface area contributed by atoms with Crippen molar-refractivity contribution in [3.63, 3.8) is 0 Å². The van der Waals surface area contributed by atoms with E-state index in [0.29, 0.717) is 11.2 Å². The van der Waals surface area contributed by atoms with Gasteiger partial charge in [-0.2, -0.15) is 0 Å². The summed E-state index contributed by atoms with van der Waals surface area (Å²) < 4.78 is 0.993. The number of carbonyl (C=O) groups is 1. The fourth-order valence-corrected chi connectivity index (χ4v) is 6.95. The fourth-order valence-electron chi connectivity index (χ4n) is 5.42. The summed E-state index contributed by atoms with van der Waals surface area (Å²) in [6, 6.07) is 2.00. The zero-order valence-electron chi connectivity index (χ0n) is 11.0. The lowest BCUT2D eigenvalue weighted by Gasteiger charge is -2.56. The molecule has 1 aromatic heterocycles. The highest BCUT2D eigenvalue weighted by Gasteiger charge is 2.51. The third-order valence-corrected chi connectivity index (χ3v) is 7.45. The molecule has 0 unspecified atom stereocenters. The molecule has 4 aliphatic rings. The monoisotopic (exact) mass is 338 g/mol. The van der Waals surface area contributed by atoms with Crippen LogP contribution >= 0.6 is 27.3 Å². The van der Waals surface area contributed by atoms with Crippen molar-refractivity contribution >= 4 is 33.0 Å². The van der Waals surface area contributed by atoms with Crippen LogP contribution in [0.3, 0.4) is 0 Å². The van der Waals surface area contributed by atoms with Crippen molar-refractivity contribution in [2.24, 2.45) is 23.2 Å². The van der Waals surface area contributed by atoms with E-state index in [1.165, 1.54) is 38.5 Å². The summed E-state index contributed by atoms with van der Waals surface area (Å²) in [4.78, 5) is 13.5. The Hall–Kier alpha value is -0.150. The molecule has 0 radical (unpaired) electrons. The van der Waals surface area contributed by atoms with Gasteiger partial charge in [-0.1, -0.05) is 0 Å². The Kier molecular flexibility index (Phi) is 2.93. The lowest BCUT2D eigenvalue weighted by atomic mass is 9.48. The minimum absolute atomic E-state index is 0.370. The van der Waals surface area contributed by atoms with Crippen LogP contribution in [0.2, 0.25) is 0 Å². The molecule has 0 saturated heterocycles. The quantitative estimate of drug-likeness (QED) is 0.683. The first-order valence-corrected chi connectivity index (χ1v) is 9.07. The highest BCUT2D eigenvalue weighted by molar-refractivity contribution is 9.10. The van der Waals surface area contributed by atoms with Crippen LogP contribution in [0.1, 0.15) is 54.6 Å². The van der Waals surface area contributed by atoms with Gasteiger partial charge in [-0.3, -0.25) is 4.79 Å². The molecule has 19 heavy (non-hydrogen) atoms. The number of rotatable bonds is 3. The summed E-state index contributed by atoms with van der Waals surface area (Å²) in [7, 11) is 0. The number of ketones is 1. The van der Waals surface area contributed by atoms with E-state index in [9.17, 15) is 4.79 Å². The van der Waals surface area contributed by atoms with Gasteiger partial charge in [0.1, 0.15) is 0 Å². The second kappa shape index (κ2) is 4.42. The maximum Gasteiger partial charge on any atom is 0.174 e. The van der Waals surface area contributed by atoms with E-state index in [-0.39, 0.29) is 0 Å². The number of hydrogen-bond acceptors (Lipinski definition) is 2. The smallest absolute Gasteiger partial charge is 0.174 e. The molecule has 0 amide bonds. The Morgan fingerprint density at radius 2 is 1.79 bits per heavy atom. The van der Waals surface area contributed by atoms with E-state index in [0.717, 1.165) is 33.5 Å². The van der Waals surface area contributed by atoms with Gasteiger partial charge in [0.15, 0.2) is 5.78 Å². The van der Waals surface area contributed by atoms with E-state index in [1.54, 1.807) is 11.3 Å². The normalized spacial score (nSPS) is 39.7. The second-order valence-electron chi connectivity index (χ2n) is 7.12. The lowest BCUT2D eigenvalue weighted by molar-refractivity contribution is -0.0523. The summed E-state index contributed by atoms with van der Waals surface area (Å²) in [6.07, 6.45) is 9.15. The lowest BCUT2D eigenvalue weighted by Crippen LogP contribution is -2.46. The summed E-state index contributed by atoms with van der Waals surface area (Å²) >= 11 is 5.10. The molecule has 4 bridgehead atoms. The van der Waals surface area contributed by atoms with Gasteiger partial charge in [0.2, 0.25) is 0 Å². The number of halogens is 1. The average Bonchev–Trinajstić information content (AvgIpc) is 2.72. The molecule has 0 atom stereocenters. The summed E-state index contributed by atoms with van der Waals surface area (Å²) in [5, 5.41) is 2.01. The molecule has 4 fully saturated rings. The van der Waals surface area contributed by atoms with Crippen LogP contribution in [-0.2, 0) is 0 Å². The van der Waals surface area contributed by atoms with Gasteiger partial charge in [0, 0.05) is 10.9 Å². The molecule has 0 aliphatic heterocycles. The highest BCUT2D eigenvalue weighted by Crippen LogP contribution is 2.61. The number of hydrogen-bond donors (Lipinski definition) is 0. The topological polar surface area (TPSA) is 17.1 Å². The van der Waals surface area contributed by atoms with E-state index in [1.807, 2.05) is 11.4 Å². The van der Waals surface area contributed by atoms with Gasteiger partial charge in [0.05, 0.1) is 4.88 Å². The predicted molar refractivity (Wildman–Crippen MR) is 81.6 cm³/mol. The molecular weight excluding hydrogens is 320 g/mol. The molecule has 5 rings (SSSR count). The van der Waals surface area contributed by atoms with Gasteiger partial charge in [0.25, 0.3) is 0 Å². The zero-order valence-corrected chi connectivity index (χ0v) is 13.4. The summed E-state index contributed by atoms with van der Waals surface area (Å²) in [5.41, 5.74) is 0.370. The van der Waals surface area contributed by atoms with Crippen LogP contribution in [0.25, 0.3) is 0 Å². The van der Waals surface area contributed by atoms with Crippen LogP contribution in [0.5, 0.6) is 0 Å². The minimum atomic E-state index is 0.370. The van der Waals surface area contributed by atoms with Crippen LogP contribution in [0.15, 0.2) is 15.9 Å². The zero-order chi connectivity index (χ0) is 13.0. The summed E-state index contributed by atoms with van der Waals surface area (Å²) in [5.74, 6) is 3.19. The maximum absolute atomic E-state index is 12.6. The van der Waals surface area contributed by atoms with Crippen molar-refractivity contribution < 1.29 is 4.79 Å². The third-order valence-electron chi connectivity index (χ3n) is 5.57. The van der Waals surface area contributed by atoms with Gasteiger partial charge in [-0.25, -0.2) is 0 Å². The molecule has 102 valence electrons. The standard InChI is InChI=1S/C16H19BrOS/c17-13-1-2-19-15(13)14(18)9-16-6-10-3-11(7-16)5-12(4-10)8-16/h1-2,10-12H,3-9H2. The van der Waals surface area contributed by atoms with Crippen molar-refractivity contribution in [2.45, 2.75) is 44.9 Å². The molecule has 1 nitrogen and oxygen atoms in total. The van der Waals surface area contributed by atoms with Gasteiger partial charge in [-0.05, 0) is 89.1 Å². The Labute approximate surface area is 126 Å². The van der Waals surface area contributed by atoms with E-state index in [4.69, 9.17) is 0 Å². The van der Waals surface area contributed by atoms with E-state index < -0.39 is 0 Å². The van der Waals surface area contributed by atoms with E-state index in [2.05, 4.69) is 15.9 Å². The first-order chi connectivity index (χ1) is 9.13. The van der Waals surface area contributed by atoms with E-state index >= 15 is 0 Å². The first-order valence-electron chi connectivity index (χ1n) is 7.40. The molecule has 4 saturated carbocycles. The number of thiophene rings is 1. The minimum Gasteiger partial charge on any atom is -0.293 e. The Morgan fingerprint density at radius 3 is 2.26 bits per heavy atom. The molecule has 3 heteroatoms. The van der Waals surface area contributed by atoms with Crippen molar-refractivity contribution in [1.82, 2.24) is 0 Å². The number of carbonyl (C=O) groups excluding carboxylic acids is 1. The van der Waals surface area contributed by atoms with Crippen LogP contribution in [-0.4, -0.2) is 5.78 Å².